The van der Waals surface area contributed by atoms with E-state index in [1.807, 2.05) is 66.1 Å². The maximum absolute atomic E-state index is 13.6. The van der Waals surface area contributed by atoms with Gasteiger partial charge in [-0.3, -0.25) is 9.36 Å². The van der Waals surface area contributed by atoms with E-state index in [-0.39, 0.29) is 12.2 Å². The lowest BCUT2D eigenvalue weighted by molar-refractivity contribution is -0.138. The summed E-state index contributed by atoms with van der Waals surface area (Å²) in [7, 11) is 0. The molecule has 0 N–H and O–H groups in total. The van der Waals surface area contributed by atoms with Crippen molar-refractivity contribution in [2.45, 2.75) is 13.0 Å². The average molecular weight is 507 g/mol. The van der Waals surface area contributed by atoms with Crippen molar-refractivity contribution in [2.24, 2.45) is 4.99 Å². The van der Waals surface area contributed by atoms with E-state index in [2.05, 4.69) is 0 Å². The van der Waals surface area contributed by atoms with Gasteiger partial charge in [-0.25, -0.2) is 9.79 Å². The summed E-state index contributed by atoms with van der Waals surface area (Å²) in [5.74, 6) is -0.502. The normalized spacial score (nSPS) is 15.7. The van der Waals surface area contributed by atoms with Crippen molar-refractivity contribution in [3.63, 3.8) is 0 Å². The number of esters is 1. The first-order valence-electron chi connectivity index (χ1n) is 10.6. The Balaban J connectivity index is 1.84. The second-order valence-corrected chi connectivity index (χ2v) is 9.92. The quantitative estimate of drug-likeness (QED) is 0.370. The van der Waals surface area contributed by atoms with Gasteiger partial charge in [-0.1, -0.05) is 71.5 Å². The second-order valence-electron chi connectivity index (χ2n) is 7.50. The Morgan fingerprint density at radius 3 is 2.56 bits per heavy atom. The van der Waals surface area contributed by atoms with E-state index >= 15 is 0 Å². The van der Waals surface area contributed by atoms with E-state index in [1.54, 1.807) is 35.0 Å². The second kappa shape index (κ2) is 9.54. The fourth-order valence-electron chi connectivity index (χ4n) is 3.90. The van der Waals surface area contributed by atoms with Crippen LogP contribution in [0.1, 0.15) is 29.0 Å². The van der Waals surface area contributed by atoms with Crippen LogP contribution in [-0.2, 0) is 9.53 Å². The highest BCUT2D eigenvalue weighted by Gasteiger charge is 2.35. The van der Waals surface area contributed by atoms with Crippen molar-refractivity contribution in [2.75, 3.05) is 6.61 Å². The number of nitrogens with zero attached hydrogens (tertiary/aromatic N) is 2. The zero-order chi connectivity index (χ0) is 23.7. The first-order chi connectivity index (χ1) is 16.6. The van der Waals surface area contributed by atoms with Gasteiger partial charge in [-0.2, -0.15) is 0 Å². The van der Waals surface area contributed by atoms with Gasteiger partial charge in [0.05, 0.1) is 28.5 Å². The molecule has 2 aromatic carbocycles. The Morgan fingerprint density at radius 2 is 1.88 bits per heavy atom. The monoisotopic (exact) mass is 506 g/mol. The van der Waals surface area contributed by atoms with Crippen molar-refractivity contribution in [3.8, 4) is 0 Å². The molecule has 5 nitrogen and oxygen atoms in total. The highest BCUT2D eigenvalue weighted by atomic mass is 35.5. The summed E-state index contributed by atoms with van der Waals surface area (Å²) in [5.41, 5.74) is 2.15. The third-order valence-corrected chi connectivity index (χ3v) is 7.43. The van der Waals surface area contributed by atoms with E-state index in [9.17, 15) is 9.59 Å². The van der Waals surface area contributed by atoms with Gasteiger partial charge in [0.25, 0.3) is 5.56 Å². The molecule has 0 bridgehead atoms. The minimum Gasteiger partial charge on any atom is -0.463 e. The van der Waals surface area contributed by atoms with E-state index in [0.717, 1.165) is 16.0 Å². The van der Waals surface area contributed by atoms with E-state index < -0.39 is 12.0 Å². The van der Waals surface area contributed by atoms with E-state index in [4.69, 9.17) is 21.3 Å². The van der Waals surface area contributed by atoms with Gasteiger partial charge >= 0.3 is 5.97 Å². The average Bonchev–Trinajstić information content (AvgIpc) is 3.47. The largest absolute Gasteiger partial charge is 0.463 e. The van der Waals surface area contributed by atoms with Crippen LogP contribution in [-0.4, -0.2) is 17.1 Å². The minimum atomic E-state index is -0.701. The van der Waals surface area contributed by atoms with Crippen LogP contribution in [0.4, 0.5) is 0 Å². The van der Waals surface area contributed by atoms with Crippen LogP contribution in [0, 0.1) is 0 Å². The molecule has 1 aliphatic rings. The molecule has 8 heteroatoms. The molecule has 0 saturated heterocycles. The number of ether oxygens (including phenoxy) is 1. The first kappa shape index (κ1) is 22.5. The third-order valence-electron chi connectivity index (χ3n) is 5.38. The number of carbonyl (C=O) groups is 1. The van der Waals surface area contributed by atoms with Crippen molar-refractivity contribution >= 4 is 52.0 Å². The molecule has 5 rings (SSSR count). The fourth-order valence-corrected chi connectivity index (χ4v) is 5.75. The Labute approximate surface area is 208 Å². The Kier molecular flexibility index (Phi) is 6.32. The molecule has 1 atom stereocenters. The lowest BCUT2D eigenvalue weighted by atomic mass is 9.93. The van der Waals surface area contributed by atoms with E-state index in [0.29, 0.717) is 25.6 Å². The number of carbonyl (C=O) groups excluding carboxylic acids is 1. The molecule has 170 valence electrons. The first-order valence-corrected chi connectivity index (χ1v) is 12.7. The SMILES string of the molecule is CCOC(=O)C1=C(c2ccccc2)N=c2s/c(=C\c3cccs3)c(=O)n2[C@@H]1c1ccc(Cl)cc1. The van der Waals surface area contributed by atoms with Gasteiger partial charge < -0.3 is 4.74 Å². The van der Waals surface area contributed by atoms with Crippen LogP contribution in [0.25, 0.3) is 11.8 Å². The number of benzene rings is 2. The summed E-state index contributed by atoms with van der Waals surface area (Å²) in [4.78, 5) is 33.3. The highest BCUT2D eigenvalue weighted by Crippen LogP contribution is 2.35. The number of aromatic nitrogens is 1. The van der Waals surface area contributed by atoms with Crippen molar-refractivity contribution in [3.05, 3.63) is 118 Å². The predicted molar refractivity (Wildman–Crippen MR) is 137 cm³/mol. The van der Waals surface area contributed by atoms with Crippen LogP contribution in [0.15, 0.2) is 87.5 Å². The molecule has 0 unspecified atom stereocenters. The van der Waals surface area contributed by atoms with Gasteiger partial charge in [0.15, 0.2) is 4.80 Å². The number of thiophene rings is 1. The van der Waals surface area contributed by atoms with Crippen molar-refractivity contribution in [1.29, 1.82) is 0 Å². The Morgan fingerprint density at radius 1 is 1.12 bits per heavy atom. The number of rotatable bonds is 5. The number of hydrogen-bond acceptors (Lipinski definition) is 6. The summed E-state index contributed by atoms with van der Waals surface area (Å²) in [5, 5.41) is 2.53. The number of thiazole rings is 1. The molecule has 3 heterocycles. The van der Waals surface area contributed by atoms with Gasteiger partial charge in [0.1, 0.15) is 0 Å². The molecule has 2 aromatic heterocycles. The van der Waals surface area contributed by atoms with Crippen LogP contribution in [0.3, 0.4) is 0 Å². The minimum absolute atomic E-state index is 0.203. The van der Waals surface area contributed by atoms with E-state index in [1.165, 1.54) is 11.3 Å². The van der Waals surface area contributed by atoms with Gasteiger partial charge in [-0.05, 0) is 42.1 Å². The predicted octanol–water partition coefficient (Wildman–Crippen LogP) is 4.65. The molecular weight excluding hydrogens is 488 g/mol. The third kappa shape index (κ3) is 4.18. The van der Waals surface area contributed by atoms with Gasteiger partial charge in [-0.15, -0.1) is 11.3 Å². The van der Waals surface area contributed by atoms with Crippen LogP contribution < -0.4 is 14.9 Å². The number of fused-ring (bicyclic) bond motifs is 1. The molecule has 0 fully saturated rings. The summed E-state index contributed by atoms with van der Waals surface area (Å²) in [6, 6.07) is 19.9. The molecular formula is C26H19ClN2O3S2. The number of halogens is 1. The summed E-state index contributed by atoms with van der Waals surface area (Å²) in [6.45, 7) is 1.97. The maximum Gasteiger partial charge on any atom is 0.338 e. The zero-order valence-corrected chi connectivity index (χ0v) is 20.5. The lowest BCUT2D eigenvalue weighted by Gasteiger charge is -2.25. The molecule has 1 aliphatic heterocycles. The van der Waals surface area contributed by atoms with Crippen molar-refractivity contribution in [1.82, 2.24) is 4.57 Å². The Bertz CT molecular complexity index is 1550. The molecule has 0 spiro atoms. The smallest absolute Gasteiger partial charge is 0.338 e. The summed E-state index contributed by atoms with van der Waals surface area (Å²) >= 11 is 9.01. The topological polar surface area (TPSA) is 60.7 Å². The van der Waals surface area contributed by atoms with Gasteiger partial charge in [0, 0.05) is 15.5 Å². The zero-order valence-electron chi connectivity index (χ0n) is 18.1. The molecule has 0 saturated carbocycles. The van der Waals surface area contributed by atoms with Crippen LogP contribution in [0.5, 0.6) is 0 Å². The Hall–Kier alpha value is -3.26. The molecule has 0 amide bonds. The lowest BCUT2D eigenvalue weighted by Crippen LogP contribution is -2.39. The summed E-state index contributed by atoms with van der Waals surface area (Å²) < 4.78 is 7.60. The standard InChI is InChI=1S/C26H19ClN2O3S2/c1-2-32-25(31)21-22(16-7-4-3-5-8-16)28-26-29(23(21)17-10-12-18(27)13-11-17)24(30)20(34-26)15-19-9-6-14-33-19/h3-15,23H,2H2,1H3/b20-15-/t23-/m1/s1. The van der Waals surface area contributed by atoms with Crippen molar-refractivity contribution < 1.29 is 9.53 Å². The van der Waals surface area contributed by atoms with Crippen LogP contribution >= 0.6 is 34.3 Å². The number of hydrogen-bond donors (Lipinski definition) is 0. The molecule has 34 heavy (non-hydrogen) atoms. The molecule has 0 radical (unpaired) electrons. The van der Waals surface area contributed by atoms with Gasteiger partial charge in [0.2, 0.25) is 0 Å². The molecule has 4 aromatic rings. The highest BCUT2D eigenvalue weighted by molar-refractivity contribution is 7.11. The molecule has 0 aliphatic carbocycles. The van der Waals surface area contributed by atoms with Crippen LogP contribution in [0.2, 0.25) is 5.02 Å². The summed E-state index contributed by atoms with van der Waals surface area (Å²) in [6.07, 6.45) is 1.86. The fraction of sp³-hybridized carbons (Fsp3) is 0.115. The maximum atomic E-state index is 13.6.